The van der Waals surface area contributed by atoms with Crippen molar-refractivity contribution in [3.05, 3.63) is 35.4 Å². The molecule has 2 rings (SSSR count). The molecule has 1 aliphatic rings. The third-order valence-electron chi connectivity index (χ3n) is 3.54. The Labute approximate surface area is 97.8 Å². The Bertz CT molecular complexity index is 363. The second-order valence-corrected chi connectivity index (χ2v) is 5.55. The molecule has 2 nitrogen and oxygen atoms in total. The lowest BCUT2D eigenvalue weighted by molar-refractivity contribution is 0.146. The third-order valence-corrected chi connectivity index (χ3v) is 3.54. The highest BCUT2D eigenvalue weighted by Crippen LogP contribution is 2.42. The highest BCUT2D eigenvalue weighted by atomic mass is 16.5. The first-order valence-corrected chi connectivity index (χ1v) is 5.87. The van der Waals surface area contributed by atoms with Crippen molar-refractivity contribution in [1.29, 1.82) is 0 Å². The molecule has 88 valence electrons. The maximum atomic E-state index is 6.16. The van der Waals surface area contributed by atoms with Crippen LogP contribution in [0.5, 0.6) is 0 Å². The predicted octanol–water partition coefficient (Wildman–Crippen LogP) is 2.56. The van der Waals surface area contributed by atoms with Crippen LogP contribution in [0.1, 0.15) is 37.8 Å². The molecule has 0 bridgehead atoms. The third kappa shape index (κ3) is 2.13. The number of hydrogen-bond acceptors (Lipinski definition) is 2. The molecule has 0 atom stereocenters. The van der Waals surface area contributed by atoms with E-state index in [0.717, 1.165) is 19.4 Å². The molecule has 0 saturated heterocycles. The molecule has 0 aliphatic heterocycles. The summed E-state index contributed by atoms with van der Waals surface area (Å²) in [5.74, 6) is 0. The molecule has 2 N–H and O–H groups in total. The van der Waals surface area contributed by atoms with E-state index in [2.05, 4.69) is 38.1 Å². The SMILES string of the molecule is COCC(C)(C)c1ccc(C2(N)CC2)cc1. The number of ether oxygens (including phenoxy) is 1. The van der Waals surface area contributed by atoms with Gasteiger partial charge in [0.15, 0.2) is 0 Å². The number of rotatable bonds is 4. The fraction of sp³-hybridized carbons (Fsp3) is 0.571. The lowest BCUT2D eigenvalue weighted by atomic mass is 9.84. The van der Waals surface area contributed by atoms with Gasteiger partial charge in [-0.3, -0.25) is 0 Å². The topological polar surface area (TPSA) is 35.2 Å². The number of hydrogen-bond donors (Lipinski definition) is 1. The molecule has 0 amide bonds. The summed E-state index contributed by atoms with van der Waals surface area (Å²) >= 11 is 0. The van der Waals surface area contributed by atoms with Gasteiger partial charge in [-0.2, -0.15) is 0 Å². The van der Waals surface area contributed by atoms with Gasteiger partial charge in [-0.25, -0.2) is 0 Å². The summed E-state index contributed by atoms with van der Waals surface area (Å²) in [6.45, 7) is 5.13. The minimum atomic E-state index is -0.0239. The first-order valence-electron chi connectivity index (χ1n) is 5.87. The molecule has 16 heavy (non-hydrogen) atoms. The molecular formula is C14H21NO. The molecule has 1 aromatic rings. The molecule has 1 aliphatic carbocycles. The Balaban J connectivity index is 2.19. The van der Waals surface area contributed by atoms with Crippen LogP contribution < -0.4 is 5.73 Å². The molecule has 0 aromatic heterocycles. The quantitative estimate of drug-likeness (QED) is 0.844. The summed E-state index contributed by atoms with van der Waals surface area (Å²) in [5, 5.41) is 0. The van der Waals surface area contributed by atoms with Gasteiger partial charge in [0.05, 0.1) is 6.61 Å². The normalized spacial score (nSPS) is 18.5. The van der Waals surface area contributed by atoms with Crippen molar-refractivity contribution in [2.45, 2.75) is 37.6 Å². The Morgan fingerprint density at radius 2 is 1.81 bits per heavy atom. The average molecular weight is 219 g/mol. The van der Waals surface area contributed by atoms with Gasteiger partial charge in [-0.15, -0.1) is 0 Å². The number of nitrogens with two attached hydrogens (primary N) is 1. The smallest absolute Gasteiger partial charge is 0.0553 e. The summed E-state index contributed by atoms with van der Waals surface area (Å²) in [6.07, 6.45) is 2.24. The number of methoxy groups -OCH3 is 1. The van der Waals surface area contributed by atoms with Crippen molar-refractivity contribution in [2.24, 2.45) is 5.73 Å². The van der Waals surface area contributed by atoms with Gasteiger partial charge in [-0.05, 0) is 24.0 Å². The van der Waals surface area contributed by atoms with Crippen LogP contribution in [-0.4, -0.2) is 13.7 Å². The highest BCUT2D eigenvalue weighted by molar-refractivity contribution is 5.34. The van der Waals surface area contributed by atoms with E-state index in [9.17, 15) is 0 Å². The van der Waals surface area contributed by atoms with Crippen molar-refractivity contribution in [1.82, 2.24) is 0 Å². The van der Waals surface area contributed by atoms with E-state index in [0.29, 0.717) is 0 Å². The van der Waals surface area contributed by atoms with Gasteiger partial charge >= 0.3 is 0 Å². The van der Waals surface area contributed by atoms with E-state index in [1.54, 1.807) is 7.11 Å². The second-order valence-electron chi connectivity index (χ2n) is 5.55. The molecule has 0 spiro atoms. The van der Waals surface area contributed by atoms with Gasteiger partial charge < -0.3 is 10.5 Å². The van der Waals surface area contributed by atoms with Crippen molar-refractivity contribution in [2.75, 3.05) is 13.7 Å². The van der Waals surface area contributed by atoms with E-state index in [1.807, 2.05) is 0 Å². The van der Waals surface area contributed by atoms with Gasteiger partial charge in [0, 0.05) is 18.1 Å². The molecule has 1 saturated carbocycles. The average Bonchev–Trinajstić information content (AvgIpc) is 2.98. The van der Waals surface area contributed by atoms with E-state index in [1.165, 1.54) is 11.1 Å². The molecule has 0 heterocycles. The zero-order valence-electron chi connectivity index (χ0n) is 10.4. The van der Waals surface area contributed by atoms with E-state index in [-0.39, 0.29) is 11.0 Å². The van der Waals surface area contributed by atoms with Crippen LogP contribution in [0.2, 0.25) is 0 Å². The van der Waals surface area contributed by atoms with Crippen LogP contribution in [-0.2, 0) is 15.7 Å². The summed E-state index contributed by atoms with van der Waals surface area (Å²) in [7, 11) is 1.75. The van der Waals surface area contributed by atoms with Crippen molar-refractivity contribution in [3.63, 3.8) is 0 Å². The van der Waals surface area contributed by atoms with E-state index < -0.39 is 0 Å². The molecule has 2 heteroatoms. The summed E-state index contributed by atoms with van der Waals surface area (Å²) in [6, 6.07) is 8.70. The Hall–Kier alpha value is -0.860. The largest absolute Gasteiger partial charge is 0.384 e. The first kappa shape index (κ1) is 11.6. The van der Waals surface area contributed by atoms with Crippen LogP contribution in [0.25, 0.3) is 0 Å². The van der Waals surface area contributed by atoms with Crippen LogP contribution in [0.15, 0.2) is 24.3 Å². The minimum absolute atomic E-state index is 0.0239. The Morgan fingerprint density at radius 1 is 1.25 bits per heavy atom. The maximum Gasteiger partial charge on any atom is 0.0553 e. The second kappa shape index (κ2) is 3.86. The summed E-state index contributed by atoms with van der Waals surface area (Å²) < 4.78 is 5.25. The first-order chi connectivity index (χ1) is 7.48. The molecule has 1 fully saturated rings. The van der Waals surface area contributed by atoms with Gasteiger partial charge in [0.25, 0.3) is 0 Å². The van der Waals surface area contributed by atoms with Crippen molar-refractivity contribution in [3.8, 4) is 0 Å². The lowest BCUT2D eigenvalue weighted by Crippen LogP contribution is -2.24. The lowest BCUT2D eigenvalue weighted by Gasteiger charge is -2.24. The molecular weight excluding hydrogens is 198 g/mol. The Morgan fingerprint density at radius 3 is 2.25 bits per heavy atom. The summed E-state index contributed by atoms with van der Waals surface area (Å²) in [5.41, 5.74) is 8.78. The van der Waals surface area contributed by atoms with Crippen LogP contribution in [0, 0.1) is 0 Å². The van der Waals surface area contributed by atoms with Crippen molar-refractivity contribution >= 4 is 0 Å². The number of benzene rings is 1. The molecule has 1 aromatic carbocycles. The van der Waals surface area contributed by atoms with Crippen LogP contribution in [0.3, 0.4) is 0 Å². The summed E-state index contributed by atoms with van der Waals surface area (Å²) in [4.78, 5) is 0. The van der Waals surface area contributed by atoms with Crippen molar-refractivity contribution < 1.29 is 4.74 Å². The van der Waals surface area contributed by atoms with Gasteiger partial charge in [0.2, 0.25) is 0 Å². The van der Waals surface area contributed by atoms with Crippen LogP contribution in [0.4, 0.5) is 0 Å². The van der Waals surface area contributed by atoms with Crippen LogP contribution >= 0.6 is 0 Å². The monoisotopic (exact) mass is 219 g/mol. The fourth-order valence-corrected chi connectivity index (χ4v) is 2.12. The highest BCUT2D eigenvalue weighted by Gasteiger charge is 2.39. The maximum absolute atomic E-state index is 6.16. The minimum Gasteiger partial charge on any atom is -0.384 e. The predicted molar refractivity (Wildman–Crippen MR) is 66.4 cm³/mol. The standard InChI is InChI=1S/C14H21NO/c1-13(2,10-16-3)11-4-6-12(7-5-11)14(15)8-9-14/h4-7H,8-10,15H2,1-3H3. The Kier molecular flexibility index (Phi) is 2.81. The molecule has 0 unspecified atom stereocenters. The van der Waals surface area contributed by atoms with Gasteiger partial charge in [0.1, 0.15) is 0 Å². The van der Waals surface area contributed by atoms with E-state index in [4.69, 9.17) is 10.5 Å². The van der Waals surface area contributed by atoms with Gasteiger partial charge in [-0.1, -0.05) is 38.1 Å². The molecule has 0 radical (unpaired) electrons. The zero-order chi connectivity index (χ0) is 11.8. The fourth-order valence-electron chi connectivity index (χ4n) is 2.12. The van der Waals surface area contributed by atoms with E-state index >= 15 is 0 Å². The zero-order valence-corrected chi connectivity index (χ0v) is 10.4.